The van der Waals surface area contributed by atoms with E-state index in [1.165, 1.54) is 0 Å². The number of carbonyl (C=O) groups excluding carboxylic acids is 1. The van der Waals surface area contributed by atoms with Crippen molar-refractivity contribution in [1.29, 1.82) is 0 Å². The van der Waals surface area contributed by atoms with Crippen molar-refractivity contribution in [3.8, 4) is 5.75 Å². The lowest BCUT2D eigenvalue weighted by Gasteiger charge is -2.35. The van der Waals surface area contributed by atoms with Crippen LogP contribution in [0.3, 0.4) is 0 Å². The molecule has 24 heavy (non-hydrogen) atoms. The van der Waals surface area contributed by atoms with Crippen LogP contribution in [0.15, 0.2) is 35.5 Å². The lowest BCUT2D eigenvalue weighted by molar-refractivity contribution is -0.118. The fourth-order valence-electron chi connectivity index (χ4n) is 3.61. The number of amides is 1. The summed E-state index contributed by atoms with van der Waals surface area (Å²) in [6.45, 7) is 7.65. The molecule has 0 saturated carbocycles. The lowest BCUT2D eigenvalue weighted by atomic mass is 9.97. The SMILES string of the molecule is CCCOc1ccccc1C1NC(=O)C2=C1CN(CCC)CN2C. The van der Waals surface area contributed by atoms with E-state index >= 15 is 0 Å². The molecule has 1 amide bonds. The van der Waals surface area contributed by atoms with Crippen LogP contribution < -0.4 is 10.1 Å². The van der Waals surface area contributed by atoms with E-state index in [1.807, 2.05) is 25.2 Å². The van der Waals surface area contributed by atoms with Crippen molar-refractivity contribution in [2.75, 3.05) is 33.4 Å². The first-order chi connectivity index (χ1) is 11.7. The molecule has 0 radical (unpaired) electrons. The van der Waals surface area contributed by atoms with E-state index in [4.69, 9.17) is 4.74 Å². The van der Waals surface area contributed by atoms with Crippen LogP contribution in [-0.2, 0) is 4.79 Å². The Kier molecular flexibility index (Phi) is 5.09. The Hall–Kier alpha value is -2.01. The number of para-hydroxylation sites is 1. The molecular formula is C19H27N3O2. The summed E-state index contributed by atoms with van der Waals surface area (Å²) in [5.74, 6) is 0.896. The predicted octanol–water partition coefficient (Wildman–Crippen LogP) is 2.52. The molecule has 0 fully saturated rings. The number of hydrogen-bond acceptors (Lipinski definition) is 4. The van der Waals surface area contributed by atoms with Gasteiger partial charge < -0.3 is 15.0 Å². The van der Waals surface area contributed by atoms with E-state index in [9.17, 15) is 4.79 Å². The third-order valence-electron chi connectivity index (χ3n) is 4.56. The molecule has 0 bridgehead atoms. The van der Waals surface area contributed by atoms with Crippen LogP contribution in [0.2, 0.25) is 0 Å². The molecule has 2 aliphatic heterocycles. The van der Waals surface area contributed by atoms with Gasteiger partial charge in [0.1, 0.15) is 11.4 Å². The van der Waals surface area contributed by atoms with Gasteiger partial charge in [-0.25, -0.2) is 0 Å². The number of ether oxygens (including phenoxy) is 1. The van der Waals surface area contributed by atoms with Crippen LogP contribution in [0, 0.1) is 0 Å². The summed E-state index contributed by atoms with van der Waals surface area (Å²) in [5.41, 5.74) is 3.04. The maximum absolute atomic E-state index is 12.5. The van der Waals surface area contributed by atoms with Gasteiger partial charge in [-0.2, -0.15) is 0 Å². The van der Waals surface area contributed by atoms with Crippen LogP contribution in [0.1, 0.15) is 38.3 Å². The molecule has 1 atom stereocenters. The van der Waals surface area contributed by atoms with Gasteiger partial charge in [-0.3, -0.25) is 9.69 Å². The van der Waals surface area contributed by atoms with E-state index in [0.29, 0.717) is 6.61 Å². The summed E-state index contributed by atoms with van der Waals surface area (Å²) in [4.78, 5) is 17.0. The number of rotatable bonds is 6. The average molecular weight is 329 g/mol. The van der Waals surface area contributed by atoms with Crippen molar-refractivity contribution in [2.24, 2.45) is 0 Å². The zero-order chi connectivity index (χ0) is 17.1. The zero-order valence-corrected chi connectivity index (χ0v) is 14.8. The monoisotopic (exact) mass is 329 g/mol. The normalized spacial score (nSPS) is 21.0. The molecule has 130 valence electrons. The zero-order valence-electron chi connectivity index (χ0n) is 14.8. The fourth-order valence-corrected chi connectivity index (χ4v) is 3.61. The standard InChI is InChI=1S/C19H27N3O2/c1-4-10-22-12-15-17(20-19(23)18(15)21(3)13-22)14-8-6-7-9-16(14)24-11-5-2/h6-9,17H,4-5,10-13H2,1-3H3,(H,20,23). The van der Waals surface area contributed by atoms with Crippen LogP contribution in [0.4, 0.5) is 0 Å². The summed E-state index contributed by atoms with van der Waals surface area (Å²) in [6, 6.07) is 7.95. The third kappa shape index (κ3) is 3.13. The van der Waals surface area contributed by atoms with Gasteiger partial charge in [-0.1, -0.05) is 32.0 Å². The minimum absolute atomic E-state index is 0.0268. The molecule has 0 saturated heterocycles. The Labute approximate surface area is 144 Å². The van der Waals surface area contributed by atoms with E-state index in [1.54, 1.807) is 0 Å². The Balaban J connectivity index is 1.93. The highest BCUT2D eigenvalue weighted by molar-refractivity contribution is 5.97. The molecule has 2 aliphatic rings. The molecule has 1 aromatic rings. The maximum Gasteiger partial charge on any atom is 0.268 e. The van der Waals surface area contributed by atoms with Crippen molar-refractivity contribution < 1.29 is 9.53 Å². The average Bonchev–Trinajstić information content (AvgIpc) is 2.90. The van der Waals surface area contributed by atoms with Crippen LogP contribution in [-0.4, -0.2) is 49.1 Å². The Bertz CT molecular complexity index is 641. The van der Waals surface area contributed by atoms with Gasteiger partial charge in [0.05, 0.1) is 19.3 Å². The summed E-state index contributed by atoms with van der Waals surface area (Å²) in [6.07, 6.45) is 2.07. The summed E-state index contributed by atoms with van der Waals surface area (Å²) in [5, 5.41) is 3.16. The smallest absolute Gasteiger partial charge is 0.268 e. The van der Waals surface area contributed by atoms with E-state index in [2.05, 4.69) is 35.0 Å². The van der Waals surface area contributed by atoms with Crippen molar-refractivity contribution >= 4 is 5.91 Å². The predicted molar refractivity (Wildman–Crippen MR) is 94.6 cm³/mol. The van der Waals surface area contributed by atoms with Crippen molar-refractivity contribution in [1.82, 2.24) is 15.1 Å². The molecule has 1 N–H and O–H groups in total. The molecule has 5 nitrogen and oxygen atoms in total. The first-order valence-electron chi connectivity index (χ1n) is 8.84. The molecule has 1 unspecified atom stereocenters. The Morgan fingerprint density at radius 3 is 2.79 bits per heavy atom. The molecule has 0 spiro atoms. The second kappa shape index (κ2) is 7.26. The van der Waals surface area contributed by atoms with Gasteiger partial charge >= 0.3 is 0 Å². The highest BCUT2D eigenvalue weighted by Gasteiger charge is 2.39. The Morgan fingerprint density at radius 2 is 2.04 bits per heavy atom. The van der Waals surface area contributed by atoms with Crippen molar-refractivity contribution in [3.05, 3.63) is 41.1 Å². The maximum atomic E-state index is 12.5. The molecule has 1 aromatic carbocycles. The molecular weight excluding hydrogens is 302 g/mol. The van der Waals surface area contributed by atoms with Gasteiger partial charge in [0.15, 0.2) is 0 Å². The number of likely N-dealkylation sites (N-methyl/N-ethyl adjacent to an activating group) is 1. The second-order valence-electron chi connectivity index (χ2n) is 6.56. The van der Waals surface area contributed by atoms with Crippen molar-refractivity contribution in [2.45, 2.75) is 32.7 Å². The molecule has 2 heterocycles. The van der Waals surface area contributed by atoms with E-state index in [0.717, 1.165) is 55.2 Å². The number of benzene rings is 1. The third-order valence-corrected chi connectivity index (χ3v) is 4.56. The van der Waals surface area contributed by atoms with Crippen molar-refractivity contribution in [3.63, 3.8) is 0 Å². The quantitative estimate of drug-likeness (QED) is 0.871. The topological polar surface area (TPSA) is 44.8 Å². The molecule has 5 heteroatoms. The molecule has 0 aliphatic carbocycles. The number of hydrogen-bond donors (Lipinski definition) is 1. The van der Waals surface area contributed by atoms with E-state index in [-0.39, 0.29) is 11.9 Å². The van der Waals surface area contributed by atoms with Gasteiger partial charge in [0.25, 0.3) is 5.91 Å². The van der Waals surface area contributed by atoms with E-state index < -0.39 is 0 Å². The van der Waals surface area contributed by atoms with Crippen LogP contribution >= 0.6 is 0 Å². The van der Waals surface area contributed by atoms with Crippen LogP contribution in [0.5, 0.6) is 5.75 Å². The summed E-state index contributed by atoms with van der Waals surface area (Å²) < 4.78 is 5.91. The van der Waals surface area contributed by atoms with Gasteiger partial charge in [0.2, 0.25) is 0 Å². The number of nitrogens with zero attached hydrogens (tertiary/aromatic N) is 2. The largest absolute Gasteiger partial charge is 0.493 e. The van der Waals surface area contributed by atoms with Crippen LogP contribution in [0.25, 0.3) is 0 Å². The summed E-state index contributed by atoms with van der Waals surface area (Å²) >= 11 is 0. The second-order valence-corrected chi connectivity index (χ2v) is 6.56. The van der Waals surface area contributed by atoms with Gasteiger partial charge in [-0.05, 0) is 31.0 Å². The number of nitrogens with one attached hydrogen (secondary N) is 1. The highest BCUT2D eigenvalue weighted by Crippen LogP contribution is 2.38. The minimum Gasteiger partial charge on any atom is -0.493 e. The van der Waals surface area contributed by atoms with Gasteiger partial charge in [0, 0.05) is 19.2 Å². The highest BCUT2D eigenvalue weighted by atomic mass is 16.5. The summed E-state index contributed by atoms with van der Waals surface area (Å²) in [7, 11) is 2.00. The molecule has 0 aromatic heterocycles. The first kappa shape index (κ1) is 16.8. The molecule has 3 rings (SSSR count). The first-order valence-corrected chi connectivity index (χ1v) is 8.84. The minimum atomic E-state index is -0.0948. The fraction of sp³-hybridized carbons (Fsp3) is 0.526. The lowest BCUT2D eigenvalue weighted by Crippen LogP contribution is -2.43. The van der Waals surface area contributed by atoms with Gasteiger partial charge in [-0.15, -0.1) is 0 Å². The Morgan fingerprint density at radius 1 is 1.25 bits per heavy atom. The number of carbonyl (C=O) groups is 1.